The molecule has 4 nitrogen and oxygen atoms in total. The Labute approximate surface area is 129 Å². The van der Waals surface area contributed by atoms with Crippen molar-refractivity contribution < 1.29 is 4.79 Å². The van der Waals surface area contributed by atoms with E-state index in [4.69, 9.17) is 0 Å². The smallest absolute Gasteiger partial charge is 0.220 e. The van der Waals surface area contributed by atoms with E-state index in [0.29, 0.717) is 13.0 Å². The van der Waals surface area contributed by atoms with E-state index in [1.807, 2.05) is 36.9 Å². The van der Waals surface area contributed by atoms with Crippen molar-refractivity contribution >= 4 is 17.7 Å². The molecule has 0 unspecified atom stereocenters. The molecule has 0 saturated heterocycles. The fourth-order valence-electron chi connectivity index (χ4n) is 1.95. The lowest BCUT2D eigenvalue weighted by Crippen LogP contribution is -2.26. The third-order valence-corrected chi connectivity index (χ3v) is 4.22. The number of rotatable bonds is 7. The number of carbonyl (C=O) groups is 1. The number of carbonyl (C=O) groups excluding carboxylic acids is 1. The van der Waals surface area contributed by atoms with Gasteiger partial charge >= 0.3 is 0 Å². The van der Waals surface area contributed by atoms with Crippen LogP contribution < -0.4 is 5.32 Å². The SMILES string of the molecule is Cc1cc(CCNC(=O)CCSc2ccccc2)nn1C. The number of hydrogen-bond donors (Lipinski definition) is 1. The summed E-state index contributed by atoms with van der Waals surface area (Å²) in [6.07, 6.45) is 1.32. The molecule has 21 heavy (non-hydrogen) atoms. The van der Waals surface area contributed by atoms with Crippen LogP contribution in [0.15, 0.2) is 41.3 Å². The minimum atomic E-state index is 0.103. The first kappa shape index (κ1) is 15.6. The average molecular weight is 303 g/mol. The maximum atomic E-state index is 11.7. The summed E-state index contributed by atoms with van der Waals surface area (Å²) in [4.78, 5) is 12.9. The molecular weight excluding hydrogens is 282 g/mol. The molecule has 0 aliphatic rings. The summed E-state index contributed by atoms with van der Waals surface area (Å²) in [5, 5.41) is 7.31. The zero-order chi connectivity index (χ0) is 15.1. The minimum Gasteiger partial charge on any atom is -0.356 e. The topological polar surface area (TPSA) is 46.9 Å². The van der Waals surface area contributed by atoms with Crippen molar-refractivity contribution in [3.63, 3.8) is 0 Å². The van der Waals surface area contributed by atoms with Gasteiger partial charge < -0.3 is 5.32 Å². The molecular formula is C16H21N3OS. The Morgan fingerprint density at radius 1 is 1.33 bits per heavy atom. The van der Waals surface area contributed by atoms with Gasteiger partial charge in [-0.05, 0) is 25.1 Å². The van der Waals surface area contributed by atoms with Gasteiger partial charge in [0.15, 0.2) is 0 Å². The summed E-state index contributed by atoms with van der Waals surface area (Å²) in [6, 6.07) is 12.2. The third kappa shape index (κ3) is 5.27. The Bertz CT molecular complexity index is 561. The Morgan fingerprint density at radius 3 is 2.76 bits per heavy atom. The molecule has 0 aliphatic carbocycles. The molecule has 0 fully saturated rings. The summed E-state index contributed by atoms with van der Waals surface area (Å²) < 4.78 is 1.85. The molecule has 0 bridgehead atoms. The molecule has 112 valence electrons. The molecule has 1 aromatic carbocycles. The van der Waals surface area contributed by atoms with Crippen molar-refractivity contribution in [2.45, 2.75) is 24.7 Å². The van der Waals surface area contributed by atoms with E-state index in [-0.39, 0.29) is 5.91 Å². The van der Waals surface area contributed by atoms with Gasteiger partial charge in [-0.2, -0.15) is 5.10 Å². The molecule has 1 aromatic heterocycles. The minimum absolute atomic E-state index is 0.103. The van der Waals surface area contributed by atoms with Crippen molar-refractivity contribution in [2.75, 3.05) is 12.3 Å². The highest BCUT2D eigenvalue weighted by atomic mass is 32.2. The Kier molecular flexibility index (Phi) is 5.87. The maximum Gasteiger partial charge on any atom is 0.220 e. The van der Waals surface area contributed by atoms with Crippen LogP contribution in [0.2, 0.25) is 0 Å². The molecule has 1 N–H and O–H groups in total. The van der Waals surface area contributed by atoms with Gasteiger partial charge in [0.1, 0.15) is 0 Å². The van der Waals surface area contributed by atoms with Crippen molar-refractivity contribution in [3.05, 3.63) is 47.8 Å². The lowest BCUT2D eigenvalue weighted by molar-refractivity contribution is -0.120. The van der Waals surface area contributed by atoms with Crippen LogP contribution in [0.3, 0.4) is 0 Å². The second kappa shape index (κ2) is 7.88. The number of aromatic nitrogens is 2. The third-order valence-electron chi connectivity index (χ3n) is 3.21. The van der Waals surface area contributed by atoms with Crippen molar-refractivity contribution in [1.29, 1.82) is 0 Å². The number of hydrogen-bond acceptors (Lipinski definition) is 3. The number of nitrogens with zero attached hydrogens (tertiary/aromatic N) is 2. The predicted octanol–water partition coefficient (Wildman–Crippen LogP) is 2.57. The summed E-state index contributed by atoms with van der Waals surface area (Å²) in [5.74, 6) is 0.907. The predicted molar refractivity (Wildman–Crippen MR) is 86.4 cm³/mol. The first-order chi connectivity index (χ1) is 10.1. The lowest BCUT2D eigenvalue weighted by Gasteiger charge is -2.04. The van der Waals surface area contributed by atoms with E-state index in [1.54, 1.807) is 11.8 Å². The highest BCUT2D eigenvalue weighted by Crippen LogP contribution is 2.17. The second-order valence-corrected chi connectivity index (χ2v) is 6.08. The Hall–Kier alpha value is -1.75. The van der Waals surface area contributed by atoms with Gasteiger partial charge in [0.2, 0.25) is 5.91 Å². The molecule has 1 amide bonds. The maximum absolute atomic E-state index is 11.7. The first-order valence-corrected chi connectivity index (χ1v) is 8.08. The van der Waals surface area contributed by atoms with Crippen LogP contribution in [0.25, 0.3) is 0 Å². The fraction of sp³-hybridized carbons (Fsp3) is 0.375. The van der Waals surface area contributed by atoms with Crippen LogP contribution in [0.1, 0.15) is 17.8 Å². The van der Waals surface area contributed by atoms with E-state index in [1.165, 1.54) is 4.90 Å². The van der Waals surface area contributed by atoms with Crippen LogP contribution >= 0.6 is 11.8 Å². The van der Waals surface area contributed by atoms with Crippen molar-refractivity contribution in [1.82, 2.24) is 15.1 Å². The standard InChI is InChI=1S/C16H21N3OS/c1-13-12-14(18-19(13)2)8-10-17-16(20)9-11-21-15-6-4-3-5-7-15/h3-7,12H,8-11H2,1-2H3,(H,17,20). The van der Waals surface area contributed by atoms with Gasteiger partial charge in [-0.1, -0.05) is 18.2 Å². The molecule has 0 saturated carbocycles. The second-order valence-electron chi connectivity index (χ2n) is 4.91. The monoisotopic (exact) mass is 303 g/mol. The number of thioether (sulfide) groups is 1. The van der Waals surface area contributed by atoms with Crippen LogP contribution in [-0.4, -0.2) is 28.0 Å². The van der Waals surface area contributed by atoms with E-state index in [0.717, 1.165) is 23.6 Å². The summed E-state index contributed by atoms with van der Waals surface area (Å²) >= 11 is 1.71. The molecule has 0 spiro atoms. The van der Waals surface area contributed by atoms with Crippen LogP contribution in [-0.2, 0) is 18.3 Å². The molecule has 0 radical (unpaired) electrons. The summed E-state index contributed by atoms with van der Waals surface area (Å²) in [5.41, 5.74) is 2.16. The van der Waals surface area contributed by atoms with Crippen LogP contribution in [0, 0.1) is 6.92 Å². The average Bonchev–Trinajstić information content (AvgIpc) is 2.79. The number of benzene rings is 1. The van der Waals surface area contributed by atoms with E-state index >= 15 is 0 Å². The van der Waals surface area contributed by atoms with Crippen LogP contribution in [0.5, 0.6) is 0 Å². The largest absolute Gasteiger partial charge is 0.356 e. The van der Waals surface area contributed by atoms with E-state index < -0.39 is 0 Å². The molecule has 2 aromatic rings. The normalized spacial score (nSPS) is 10.6. The van der Waals surface area contributed by atoms with Gasteiger partial charge in [-0.25, -0.2) is 0 Å². The fourth-order valence-corrected chi connectivity index (χ4v) is 2.83. The van der Waals surface area contributed by atoms with Crippen LogP contribution in [0.4, 0.5) is 0 Å². The van der Waals surface area contributed by atoms with Crippen molar-refractivity contribution in [3.8, 4) is 0 Å². The molecule has 1 heterocycles. The zero-order valence-electron chi connectivity index (χ0n) is 12.5. The quantitative estimate of drug-likeness (QED) is 0.800. The molecule has 0 aliphatic heterocycles. The lowest BCUT2D eigenvalue weighted by atomic mass is 10.3. The van der Waals surface area contributed by atoms with E-state index in [9.17, 15) is 4.79 Å². The zero-order valence-corrected chi connectivity index (χ0v) is 13.3. The highest BCUT2D eigenvalue weighted by Gasteiger charge is 2.04. The first-order valence-electron chi connectivity index (χ1n) is 7.09. The Morgan fingerprint density at radius 2 is 2.10 bits per heavy atom. The molecule has 2 rings (SSSR count). The van der Waals surface area contributed by atoms with Gasteiger partial charge in [0.05, 0.1) is 5.69 Å². The number of aryl methyl sites for hydroxylation is 2. The van der Waals surface area contributed by atoms with Crippen molar-refractivity contribution in [2.24, 2.45) is 7.05 Å². The summed E-state index contributed by atoms with van der Waals surface area (Å²) in [6.45, 7) is 2.67. The molecule has 5 heteroatoms. The number of amides is 1. The van der Waals surface area contributed by atoms with Gasteiger partial charge in [-0.15, -0.1) is 11.8 Å². The highest BCUT2D eigenvalue weighted by molar-refractivity contribution is 7.99. The van der Waals surface area contributed by atoms with E-state index in [2.05, 4.69) is 28.6 Å². The Balaban J connectivity index is 1.61. The summed E-state index contributed by atoms with van der Waals surface area (Å²) in [7, 11) is 1.93. The molecule has 0 atom stereocenters. The number of nitrogens with one attached hydrogen (secondary N) is 1. The van der Waals surface area contributed by atoms with Gasteiger partial charge in [0, 0.05) is 42.8 Å². The van der Waals surface area contributed by atoms with Gasteiger partial charge in [-0.3, -0.25) is 9.48 Å². The van der Waals surface area contributed by atoms with Gasteiger partial charge in [0.25, 0.3) is 0 Å².